The third-order valence-corrected chi connectivity index (χ3v) is 4.21. The van der Waals surface area contributed by atoms with Crippen LogP contribution in [0.25, 0.3) is 0 Å². The van der Waals surface area contributed by atoms with E-state index in [0.717, 1.165) is 12.1 Å². The van der Waals surface area contributed by atoms with Gasteiger partial charge < -0.3 is 0 Å². The zero-order valence-corrected chi connectivity index (χ0v) is 11.6. The summed E-state index contributed by atoms with van der Waals surface area (Å²) in [6.45, 7) is 1.70. The van der Waals surface area contributed by atoms with Crippen molar-refractivity contribution in [3.8, 4) is 0 Å². The van der Waals surface area contributed by atoms with Gasteiger partial charge in [-0.2, -0.15) is 9.49 Å². The van der Waals surface area contributed by atoms with Gasteiger partial charge in [0.1, 0.15) is 0 Å². The van der Waals surface area contributed by atoms with Crippen molar-refractivity contribution in [1.82, 2.24) is 14.9 Å². The number of rotatable bonds is 5. The van der Waals surface area contributed by atoms with Gasteiger partial charge in [-0.15, -0.1) is 0 Å². The first-order valence-corrected chi connectivity index (χ1v) is 7.22. The van der Waals surface area contributed by atoms with Crippen molar-refractivity contribution in [3.05, 3.63) is 51.6 Å². The molecule has 1 heterocycles. The van der Waals surface area contributed by atoms with Crippen LogP contribution in [0.3, 0.4) is 0 Å². The minimum Gasteiger partial charge on any atom is -0.283 e. The molecular formula is C11H11FN4O4S. The molecule has 0 spiro atoms. The maximum atomic E-state index is 13.5. The molecule has 0 fully saturated rings. The van der Waals surface area contributed by atoms with Crippen molar-refractivity contribution in [2.75, 3.05) is 0 Å². The van der Waals surface area contributed by atoms with Gasteiger partial charge in [0.25, 0.3) is 0 Å². The molecule has 0 saturated heterocycles. The number of benzene rings is 1. The molecular weight excluding hydrogens is 303 g/mol. The maximum absolute atomic E-state index is 13.5. The minimum atomic E-state index is -3.97. The number of nitro benzene ring substituents is 1. The molecule has 0 amide bonds. The van der Waals surface area contributed by atoms with Crippen LogP contribution in [-0.2, 0) is 16.6 Å². The predicted octanol–water partition coefficient (Wildman–Crippen LogP) is 1.24. The standard InChI is InChI=1S/C11H11FN4O4S/c1-7-8(5-13-15-7)6-14-21(19,20)9-2-3-11(16(17)18)10(12)4-9/h2-5,14H,6H2,1H3,(H,13,15). The fourth-order valence-electron chi connectivity index (χ4n) is 1.61. The zero-order chi connectivity index (χ0) is 15.6. The van der Waals surface area contributed by atoms with Gasteiger partial charge in [0, 0.05) is 29.9 Å². The number of nitrogens with one attached hydrogen (secondary N) is 2. The summed E-state index contributed by atoms with van der Waals surface area (Å²) >= 11 is 0. The number of sulfonamides is 1. The van der Waals surface area contributed by atoms with Crippen LogP contribution in [-0.4, -0.2) is 23.5 Å². The van der Waals surface area contributed by atoms with Gasteiger partial charge in [-0.3, -0.25) is 15.2 Å². The Morgan fingerprint density at radius 3 is 2.71 bits per heavy atom. The van der Waals surface area contributed by atoms with E-state index in [2.05, 4.69) is 14.9 Å². The molecule has 0 unspecified atom stereocenters. The summed E-state index contributed by atoms with van der Waals surface area (Å²) in [7, 11) is -3.97. The van der Waals surface area contributed by atoms with E-state index in [9.17, 15) is 22.9 Å². The summed E-state index contributed by atoms with van der Waals surface area (Å²) in [6, 6.07) is 2.40. The summed E-state index contributed by atoms with van der Waals surface area (Å²) in [5.74, 6) is -1.21. The van der Waals surface area contributed by atoms with Crippen molar-refractivity contribution >= 4 is 15.7 Å². The molecule has 0 atom stereocenters. The molecule has 1 aromatic heterocycles. The van der Waals surface area contributed by atoms with E-state index in [-0.39, 0.29) is 11.4 Å². The molecule has 112 valence electrons. The summed E-state index contributed by atoms with van der Waals surface area (Å²) < 4.78 is 39.7. The van der Waals surface area contributed by atoms with E-state index >= 15 is 0 Å². The highest BCUT2D eigenvalue weighted by Gasteiger charge is 2.20. The summed E-state index contributed by atoms with van der Waals surface area (Å²) in [5, 5.41) is 16.9. The Morgan fingerprint density at radius 1 is 1.48 bits per heavy atom. The van der Waals surface area contributed by atoms with E-state index in [0.29, 0.717) is 17.3 Å². The van der Waals surface area contributed by atoms with E-state index in [1.54, 1.807) is 6.92 Å². The molecule has 2 N–H and O–H groups in total. The number of nitrogens with zero attached hydrogens (tertiary/aromatic N) is 2. The minimum absolute atomic E-state index is 0.0245. The summed E-state index contributed by atoms with van der Waals surface area (Å²) in [4.78, 5) is 9.19. The second-order valence-electron chi connectivity index (χ2n) is 4.22. The Labute approximate surface area is 119 Å². The van der Waals surface area contributed by atoms with Gasteiger partial charge in [-0.25, -0.2) is 13.1 Å². The van der Waals surface area contributed by atoms with Crippen molar-refractivity contribution < 1.29 is 17.7 Å². The molecule has 0 aliphatic heterocycles. The number of hydrogen-bond donors (Lipinski definition) is 2. The molecule has 0 saturated carbocycles. The maximum Gasteiger partial charge on any atom is 0.304 e. The fourth-order valence-corrected chi connectivity index (χ4v) is 2.63. The lowest BCUT2D eigenvalue weighted by atomic mass is 10.3. The number of hydrogen-bond acceptors (Lipinski definition) is 5. The average Bonchev–Trinajstić information content (AvgIpc) is 2.81. The highest BCUT2D eigenvalue weighted by Crippen LogP contribution is 2.20. The first kappa shape index (κ1) is 15.1. The smallest absolute Gasteiger partial charge is 0.283 e. The largest absolute Gasteiger partial charge is 0.304 e. The second-order valence-corrected chi connectivity index (χ2v) is 5.98. The van der Waals surface area contributed by atoms with Gasteiger partial charge in [-0.1, -0.05) is 0 Å². The molecule has 0 aliphatic rings. The molecule has 10 heteroatoms. The number of nitro groups is 1. The molecule has 8 nitrogen and oxygen atoms in total. The first-order chi connectivity index (χ1) is 9.81. The SMILES string of the molecule is Cc1[nH]ncc1CNS(=O)(=O)c1ccc([N+](=O)[O-])c(F)c1. The number of halogens is 1. The third kappa shape index (κ3) is 3.23. The van der Waals surface area contributed by atoms with Crippen LogP contribution in [0.4, 0.5) is 10.1 Å². The van der Waals surface area contributed by atoms with Crippen molar-refractivity contribution in [2.45, 2.75) is 18.4 Å². The number of aryl methyl sites for hydroxylation is 1. The summed E-state index contributed by atoms with van der Waals surface area (Å²) in [6.07, 6.45) is 1.47. The average molecular weight is 314 g/mol. The van der Waals surface area contributed by atoms with Crippen molar-refractivity contribution in [3.63, 3.8) is 0 Å². The predicted molar refractivity (Wildman–Crippen MR) is 70.4 cm³/mol. The summed E-state index contributed by atoms with van der Waals surface area (Å²) in [5.41, 5.74) is 0.563. The normalized spacial score (nSPS) is 11.5. The fraction of sp³-hybridized carbons (Fsp3) is 0.182. The lowest BCUT2D eigenvalue weighted by Gasteiger charge is -2.06. The van der Waals surface area contributed by atoms with Crippen LogP contribution in [0.2, 0.25) is 0 Å². The van der Waals surface area contributed by atoms with E-state index in [4.69, 9.17) is 0 Å². The molecule has 0 aliphatic carbocycles. The third-order valence-electron chi connectivity index (χ3n) is 2.81. The van der Waals surface area contributed by atoms with E-state index in [1.807, 2.05) is 0 Å². The Kier molecular flexibility index (Phi) is 4.00. The molecule has 0 radical (unpaired) electrons. The van der Waals surface area contributed by atoms with E-state index in [1.165, 1.54) is 6.20 Å². The van der Waals surface area contributed by atoms with Gasteiger partial charge in [0.05, 0.1) is 16.0 Å². The highest BCUT2D eigenvalue weighted by atomic mass is 32.2. The molecule has 1 aromatic carbocycles. The zero-order valence-electron chi connectivity index (χ0n) is 10.8. The topological polar surface area (TPSA) is 118 Å². The monoisotopic (exact) mass is 314 g/mol. The lowest BCUT2D eigenvalue weighted by Crippen LogP contribution is -2.23. The Morgan fingerprint density at radius 2 is 2.19 bits per heavy atom. The first-order valence-electron chi connectivity index (χ1n) is 5.73. The lowest BCUT2D eigenvalue weighted by molar-refractivity contribution is -0.387. The van der Waals surface area contributed by atoms with Crippen LogP contribution in [0.15, 0.2) is 29.3 Å². The Balaban J connectivity index is 2.22. The van der Waals surface area contributed by atoms with Crippen LogP contribution in [0.5, 0.6) is 0 Å². The van der Waals surface area contributed by atoms with Crippen LogP contribution < -0.4 is 4.72 Å². The molecule has 0 bridgehead atoms. The molecule has 2 aromatic rings. The van der Waals surface area contributed by atoms with Crippen molar-refractivity contribution in [1.29, 1.82) is 0 Å². The van der Waals surface area contributed by atoms with Gasteiger partial charge in [-0.05, 0) is 13.0 Å². The van der Waals surface area contributed by atoms with Gasteiger partial charge in [0.2, 0.25) is 15.8 Å². The highest BCUT2D eigenvalue weighted by molar-refractivity contribution is 7.89. The Bertz CT molecular complexity index is 787. The van der Waals surface area contributed by atoms with Gasteiger partial charge >= 0.3 is 5.69 Å². The molecule has 21 heavy (non-hydrogen) atoms. The van der Waals surface area contributed by atoms with E-state index < -0.39 is 26.5 Å². The number of aromatic amines is 1. The number of aromatic nitrogens is 2. The Hall–Kier alpha value is -2.33. The number of H-pyrrole nitrogens is 1. The second kappa shape index (κ2) is 5.58. The van der Waals surface area contributed by atoms with Crippen molar-refractivity contribution in [2.24, 2.45) is 0 Å². The quantitative estimate of drug-likeness (QED) is 0.636. The van der Waals surface area contributed by atoms with Crippen LogP contribution in [0, 0.1) is 22.9 Å². The van der Waals surface area contributed by atoms with Crippen LogP contribution in [0.1, 0.15) is 11.3 Å². The molecule has 2 rings (SSSR count). The van der Waals surface area contributed by atoms with Crippen LogP contribution >= 0.6 is 0 Å². The van der Waals surface area contributed by atoms with Gasteiger partial charge in [0.15, 0.2) is 0 Å².